The Balaban J connectivity index is 1.52. The average molecular weight is 365 g/mol. The molecule has 0 N–H and O–H groups in total. The van der Waals surface area contributed by atoms with Crippen LogP contribution in [0.25, 0.3) is 10.8 Å². The van der Waals surface area contributed by atoms with Crippen LogP contribution in [0.3, 0.4) is 0 Å². The zero-order chi connectivity index (χ0) is 19.0. The van der Waals surface area contributed by atoms with E-state index in [-0.39, 0.29) is 29.7 Å². The van der Waals surface area contributed by atoms with E-state index in [0.29, 0.717) is 18.5 Å². The summed E-state index contributed by atoms with van der Waals surface area (Å²) in [6, 6.07) is 13.7. The number of halogens is 1. The van der Waals surface area contributed by atoms with Crippen LogP contribution in [0.1, 0.15) is 23.6 Å². The van der Waals surface area contributed by atoms with E-state index in [1.54, 1.807) is 23.1 Å². The molecule has 0 radical (unpaired) electrons. The van der Waals surface area contributed by atoms with E-state index >= 15 is 0 Å². The molecule has 5 nitrogen and oxygen atoms in total. The molecule has 1 saturated heterocycles. The van der Waals surface area contributed by atoms with Crippen LogP contribution in [0, 0.1) is 12.7 Å². The highest BCUT2D eigenvalue weighted by molar-refractivity contribution is 5.83. The monoisotopic (exact) mass is 365 g/mol. The minimum atomic E-state index is -0.262. The normalized spacial score (nSPS) is 16.8. The van der Waals surface area contributed by atoms with Gasteiger partial charge in [-0.05, 0) is 37.1 Å². The van der Waals surface area contributed by atoms with Crippen LogP contribution >= 0.6 is 0 Å². The number of hydrogen-bond donors (Lipinski definition) is 0. The van der Waals surface area contributed by atoms with Crippen LogP contribution in [-0.2, 0) is 11.3 Å². The van der Waals surface area contributed by atoms with E-state index in [1.165, 1.54) is 16.8 Å². The molecule has 0 saturated carbocycles. The van der Waals surface area contributed by atoms with Gasteiger partial charge in [0.25, 0.3) is 5.56 Å². The van der Waals surface area contributed by atoms with Gasteiger partial charge in [0, 0.05) is 24.4 Å². The van der Waals surface area contributed by atoms with Gasteiger partial charge in [0.15, 0.2) is 0 Å². The number of aryl methyl sites for hydroxylation is 1. The first-order chi connectivity index (χ1) is 13.0. The molecule has 1 amide bonds. The van der Waals surface area contributed by atoms with Crippen molar-refractivity contribution in [3.05, 3.63) is 76.0 Å². The maximum Gasteiger partial charge on any atom is 0.275 e. The topological polar surface area (TPSA) is 55.2 Å². The molecule has 138 valence electrons. The molecule has 0 spiro atoms. The molecule has 0 aliphatic carbocycles. The molecule has 1 aromatic heterocycles. The Morgan fingerprint density at radius 2 is 1.85 bits per heavy atom. The van der Waals surface area contributed by atoms with E-state index in [1.807, 2.05) is 25.1 Å². The molecular weight excluding hydrogens is 345 g/mol. The van der Waals surface area contributed by atoms with E-state index in [4.69, 9.17) is 0 Å². The van der Waals surface area contributed by atoms with Gasteiger partial charge >= 0.3 is 0 Å². The Hall–Kier alpha value is -3.02. The Kier molecular flexibility index (Phi) is 4.48. The summed E-state index contributed by atoms with van der Waals surface area (Å²) in [6.07, 6.45) is 0.830. The number of carbonyl (C=O) groups is 1. The van der Waals surface area contributed by atoms with E-state index in [2.05, 4.69) is 5.10 Å². The van der Waals surface area contributed by atoms with Crippen molar-refractivity contribution in [2.45, 2.75) is 25.8 Å². The summed E-state index contributed by atoms with van der Waals surface area (Å²) >= 11 is 0. The van der Waals surface area contributed by atoms with E-state index in [0.717, 1.165) is 23.1 Å². The Morgan fingerprint density at radius 1 is 1.15 bits per heavy atom. The van der Waals surface area contributed by atoms with Crippen LogP contribution in [-0.4, -0.2) is 33.7 Å². The van der Waals surface area contributed by atoms with Crippen LogP contribution in [0.5, 0.6) is 0 Å². The highest BCUT2D eigenvalue weighted by atomic mass is 19.1. The number of nitrogens with zero attached hydrogens (tertiary/aromatic N) is 3. The molecule has 4 rings (SSSR count). The van der Waals surface area contributed by atoms with Crippen LogP contribution in [0.4, 0.5) is 4.39 Å². The van der Waals surface area contributed by atoms with Crippen molar-refractivity contribution >= 4 is 16.7 Å². The van der Waals surface area contributed by atoms with Crippen molar-refractivity contribution in [3.8, 4) is 0 Å². The average Bonchev–Trinajstić information content (AvgIpc) is 3.17. The number of hydrogen-bond acceptors (Lipinski definition) is 3. The van der Waals surface area contributed by atoms with Gasteiger partial charge in [0.1, 0.15) is 12.4 Å². The van der Waals surface area contributed by atoms with Gasteiger partial charge in [-0.25, -0.2) is 9.07 Å². The largest absolute Gasteiger partial charge is 0.340 e. The summed E-state index contributed by atoms with van der Waals surface area (Å²) in [4.78, 5) is 27.1. The third kappa shape index (κ3) is 3.35. The molecule has 1 fully saturated rings. The number of benzene rings is 2. The Bertz CT molecular complexity index is 1060. The predicted octanol–water partition coefficient (Wildman–Crippen LogP) is 2.86. The van der Waals surface area contributed by atoms with Crippen molar-refractivity contribution in [2.75, 3.05) is 13.1 Å². The summed E-state index contributed by atoms with van der Waals surface area (Å²) in [7, 11) is 0. The maximum atomic E-state index is 13.1. The summed E-state index contributed by atoms with van der Waals surface area (Å²) < 4.78 is 14.4. The standard InChI is InChI=1S/C21H20FN3O2/c1-14-18-4-2-3-5-19(18)21(27)25(23-14)13-20(26)24-11-10-16(12-24)15-6-8-17(22)9-7-15/h2-9,16H,10-13H2,1H3/t16-/m0/s1. The zero-order valence-electron chi connectivity index (χ0n) is 15.1. The van der Waals surface area contributed by atoms with Gasteiger partial charge in [-0.3, -0.25) is 9.59 Å². The molecule has 6 heteroatoms. The third-order valence-corrected chi connectivity index (χ3v) is 5.22. The molecule has 2 heterocycles. The molecule has 0 bridgehead atoms. The minimum Gasteiger partial charge on any atom is -0.340 e. The van der Waals surface area contributed by atoms with Crippen LogP contribution in [0.15, 0.2) is 53.3 Å². The van der Waals surface area contributed by atoms with Gasteiger partial charge in [-0.1, -0.05) is 30.3 Å². The lowest BCUT2D eigenvalue weighted by Crippen LogP contribution is -2.36. The smallest absolute Gasteiger partial charge is 0.275 e. The second kappa shape index (κ2) is 6.95. The van der Waals surface area contributed by atoms with Crippen molar-refractivity contribution in [1.82, 2.24) is 14.7 Å². The first kappa shape index (κ1) is 17.4. The van der Waals surface area contributed by atoms with Crippen LogP contribution in [0.2, 0.25) is 0 Å². The van der Waals surface area contributed by atoms with Crippen molar-refractivity contribution in [2.24, 2.45) is 0 Å². The molecule has 2 aromatic carbocycles. The van der Waals surface area contributed by atoms with Gasteiger partial charge < -0.3 is 4.90 Å². The summed E-state index contributed by atoms with van der Waals surface area (Å²) in [5.41, 5.74) is 1.51. The van der Waals surface area contributed by atoms with E-state index < -0.39 is 0 Å². The molecule has 1 atom stereocenters. The number of aromatic nitrogens is 2. The lowest BCUT2D eigenvalue weighted by Gasteiger charge is -2.17. The molecule has 3 aromatic rings. The minimum absolute atomic E-state index is 0.0688. The quantitative estimate of drug-likeness (QED) is 0.717. The summed E-state index contributed by atoms with van der Waals surface area (Å²) in [5.74, 6) is -0.191. The highest BCUT2D eigenvalue weighted by Crippen LogP contribution is 2.27. The highest BCUT2D eigenvalue weighted by Gasteiger charge is 2.27. The number of carbonyl (C=O) groups excluding carboxylic acids is 1. The SMILES string of the molecule is Cc1nn(CC(=O)N2CC[C@H](c3ccc(F)cc3)C2)c(=O)c2ccccc12. The summed E-state index contributed by atoms with van der Waals surface area (Å²) in [5, 5.41) is 5.70. The molecule has 27 heavy (non-hydrogen) atoms. The Morgan fingerprint density at radius 3 is 2.59 bits per heavy atom. The fourth-order valence-corrected chi connectivity index (χ4v) is 3.73. The number of likely N-dealkylation sites (tertiary alicyclic amines) is 1. The fraction of sp³-hybridized carbons (Fsp3) is 0.286. The summed E-state index contributed by atoms with van der Waals surface area (Å²) in [6.45, 7) is 2.97. The lowest BCUT2D eigenvalue weighted by atomic mass is 9.99. The van der Waals surface area contributed by atoms with Crippen molar-refractivity contribution < 1.29 is 9.18 Å². The van der Waals surface area contributed by atoms with Crippen molar-refractivity contribution in [1.29, 1.82) is 0 Å². The first-order valence-electron chi connectivity index (χ1n) is 9.02. The molecule has 1 aliphatic heterocycles. The fourth-order valence-electron chi connectivity index (χ4n) is 3.73. The maximum absolute atomic E-state index is 13.1. The second-order valence-electron chi connectivity index (χ2n) is 6.97. The van der Waals surface area contributed by atoms with Gasteiger partial charge in [-0.2, -0.15) is 5.10 Å². The first-order valence-corrected chi connectivity index (χ1v) is 9.02. The van der Waals surface area contributed by atoms with Gasteiger partial charge in [0.2, 0.25) is 5.91 Å². The zero-order valence-corrected chi connectivity index (χ0v) is 15.1. The number of rotatable bonds is 3. The third-order valence-electron chi connectivity index (χ3n) is 5.22. The molecule has 1 aliphatic rings. The second-order valence-corrected chi connectivity index (χ2v) is 6.97. The predicted molar refractivity (Wildman–Crippen MR) is 101 cm³/mol. The molecule has 0 unspecified atom stereocenters. The molecular formula is C21H20FN3O2. The Labute approximate surface area is 156 Å². The number of fused-ring (bicyclic) bond motifs is 1. The lowest BCUT2D eigenvalue weighted by molar-refractivity contribution is -0.131. The van der Waals surface area contributed by atoms with E-state index in [9.17, 15) is 14.0 Å². The van der Waals surface area contributed by atoms with Crippen molar-refractivity contribution in [3.63, 3.8) is 0 Å². The number of amides is 1. The van der Waals surface area contributed by atoms with Gasteiger partial charge in [-0.15, -0.1) is 0 Å². The van der Waals surface area contributed by atoms with Gasteiger partial charge in [0.05, 0.1) is 11.1 Å². The van der Waals surface area contributed by atoms with Crippen LogP contribution < -0.4 is 5.56 Å².